The van der Waals surface area contributed by atoms with Gasteiger partial charge in [-0.1, -0.05) is 19.3 Å². The third kappa shape index (κ3) is 3.23. The SMILES string of the molecule is CC(NC(=O)C1(N)CCOCC1)C1CCCCC1. The van der Waals surface area contributed by atoms with Crippen LogP contribution in [0.25, 0.3) is 0 Å². The van der Waals surface area contributed by atoms with Gasteiger partial charge in [0, 0.05) is 19.3 Å². The molecule has 1 unspecified atom stereocenters. The van der Waals surface area contributed by atoms with Gasteiger partial charge in [0.25, 0.3) is 0 Å². The lowest BCUT2D eigenvalue weighted by Crippen LogP contribution is -2.59. The molecule has 18 heavy (non-hydrogen) atoms. The number of hydrogen-bond acceptors (Lipinski definition) is 3. The second kappa shape index (κ2) is 6.02. The molecular weight excluding hydrogens is 228 g/mol. The molecule has 1 saturated heterocycles. The average Bonchev–Trinajstić information content (AvgIpc) is 2.40. The van der Waals surface area contributed by atoms with E-state index < -0.39 is 5.54 Å². The van der Waals surface area contributed by atoms with Crippen LogP contribution in [0.2, 0.25) is 0 Å². The minimum absolute atomic E-state index is 0.0175. The zero-order chi connectivity index (χ0) is 13.0. The van der Waals surface area contributed by atoms with Crippen LogP contribution in [-0.4, -0.2) is 30.7 Å². The van der Waals surface area contributed by atoms with Crippen molar-refractivity contribution in [3.8, 4) is 0 Å². The highest BCUT2D eigenvalue weighted by Gasteiger charge is 2.37. The van der Waals surface area contributed by atoms with E-state index in [-0.39, 0.29) is 11.9 Å². The Bertz CT molecular complexity index is 282. The fraction of sp³-hybridized carbons (Fsp3) is 0.929. The van der Waals surface area contributed by atoms with Crippen LogP contribution in [0, 0.1) is 5.92 Å². The van der Waals surface area contributed by atoms with Crippen molar-refractivity contribution in [2.75, 3.05) is 13.2 Å². The monoisotopic (exact) mass is 254 g/mol. The topological polar surface area (TPSA) is 64.4 Å². The number of ether oxygens (including phenoxy) is 1. The van der Waals surface area contributed by atoms with Gasteiger partial charge in [0.05, 0.1) is 5.54 Å². The molecule has 1 heterocycles. The van der Waals surface area contributed by atoms with E-state index in [1.807, 2.05) is 0 Å². The van der Waals surface area contributed by atoms with Gasteiger partial charge in [-0.05, 0) is 38.5 Å². The molecule has 1 aliphatic carbocycles. The van der Waals surface area contributed by atoms with E-state index in [2.05, 4.69) is 12.2 Å². The molecule has 0 aromatic heterocycles. The summed E-state index contributed by atoms with van der Waals surface area (Å²) in [5.41, 5.74) is 5.48. The summed E-state index contributed by atoms with van der Waals surface area (Å²) >= 11 is 0. The first-order valence-electron chi connectivity index (χ1n) is 7.29. The Morgan fingerprint density at radius 3 is 2.50 bits per heavy atom. The Morgan fingerprint density at radius 2 is 1.89 bits per heavy atom. The van der Waals surface area contributed by atoms with Crippen molar-refractivity contribution in [2.24, 2.45) is 11.7 Å². The van der Waals surface area contributed by atoms with E-state index in [9.17, 15) is 4.79 Å². The van der Waals surface area contributed by atoms with Crippen LogP contribution in [0.15, 0.2) is 0 Å². The van der Waals surface area contributed by atoms with Gasteiger partial charge in [-0.15, -0.1) is 0 Å². The molecule has 1 aliphatic heterocycles. The molecule has 1 saturated carbocycles. The molecule has 0 radical (unpaired) electrons. The van der Waals surface area contributed by atoms with Crippen LogP contribution in [-0.2, 0) is 9.53 Å². The number of carbonyl (C=O) groups is 1. The third-order valence-electron chi connectivity index (χ3n) is 4.55. The number of nitrogens with one attached hydrogen (secondary N) is 1. The molecule has 0 aromatic carbocycles. The summed E-state index contributed by atoms with van der Waals surface area (Å²) in [4.78, 5) is 12.3. The van der Waals surface area contributed by atoms with Gasteiger partial charge in [-0.3, -0.25) is 4.79 Å². The molecule has 1 amide bonds. The summed E-state index contributed by atoms with van der Waals surface area (Å²) in [7, 11) is 0. The van der Waals surface area contributed by atoms with E-state index in [4.69, 9.17) is 10.5 Å². The van der Waals surface area contributed by atoms with Crippen molar-refractivity contribution >= 4 is 5.91 Å². The predicted molar refractivity (Wildman–Crippen MR) is 71.2 cm³/mol. The van der Waals surface area contributed by atoms with Crippen molar-refractivity contribution in [1.82, 2.24) is 5.32 Å². The Balaban J connectivity index is 1.85. The molecule has 3 N–H and O–H groups in total. The Morgan fingerprint density at radius 1 is 1.28 bits per heavy atom. The highest BCUT2D eigenvalue weighted by atomic mass is 16.5. The second-order valence-corrected chi connectivity index (χ2v) is 5.93. The second-order valence-electron chi connectivity index (χ2n) is 5.93. The Labute approximate surface area is 110 Å². The maximum atomic E-state index is 12.3. The molecule has 104 valence electrons. The fourth-order valence-electron chi connectivity index (χ4n) is 3.07. The lowest BCUT2D eigenvalue weighted by Gasteiger charge is -2.35. The molecule has 0 spiro atoms. The minimum atomic E-state index is -0.707. The highest BCUT2D eigenvalue weighted by molar-refractivity contribution is 5.86. The Hall–Kier alpha value is -0.610. The Kier molecular flexibility index (Phi) is 4.62. The van der Waals surface area contributed by atoms with E-state index in [1.165, 1.54) is 32.1 Å². The maximum absolute atomic E-state index is 12.3. The van der Waals surface area contributed by atoms with Gasteiger partial charge in [0.15, 0.2) is 0 Å². The zero-order valence-corrected chi connectivity index (χ0v) is 11.4. The van der Waals surface area contributed by atoms with E-state index >= 15 is 0 Å². The molecule has 0 bridgehead atoms. The van der Waals surface area contributed by atoms with Crippen LogP contribution in [0.4, 0.5) is 0 Å². The average molecular weight is 254 g/mol. The molecule has 0 aromatic rings. The minimum Gasteiger partial charge on any atom is -0.381 e. The van der Waals surface area contributed by atoms with Crippen LogP contribution >= 0.6 is 0 Å². The molecule has 2 fully saturated rings. The molecule has 1 atom stereocenters. The van der Waals surface area contributed by atoms with Gasteiger partial charge >= 0.3 is 0 Å². The van der Waals surface area contributed by atoms with E-state index in [1.54, 1.807) is 0 Å². The quantitative estimate of drug-likeness (QED) is 0.803. The lowest BCUT2D eigenvalue weighted by atomic mass is 9.83. The molecular formula is C14H26N2O2. The van der Waals surface area contributed by atoms with Gasteiger partial charge in [0.1, 0.15) is 0 Å². The van der Waals surface area contributed by atoms with Crippen molar-refractivity contribution in [3.63, 3.8) is 0 Å². The third-order valence-corrected chi connectivity index (χ3v) is 4.55. The summed E-state index contributed by atoms with van der Waals surface area (Å²) in [5.74, 6) is 0.648. The molecule has 4 heteroatoms. The lowest BCUT2D eigenvalue weighted by molar-refractivity contribution is -0.130. The van der Waals surface area contributed by atoms with Crippen molar-refractivity contribution in [3.05, 3.63) is 0 Å². The highest BCUT2D eigenvalue weighted by Crippen LogP contribution is 2.27. The zero-order valence-electron chi connectivity index (χ0n) is 11.4. The van der Waals surface area contributed by atoms with Crippen LogP contribution in [0.5, 0.6) is 0 Å². The van der Waals surface area contributed by atoms with Crippen LogP contribution < -0.4 is 11.1 Å². The first kappa shape index (κ1) is 13.8. The summed E-state index contributed by atoms with van der Waals surface area (Å²) in [6, 6.07) is 0.251. The number of rotatable bonds is 3. The largest absolute Gasteiger partial charge is 0.381 e. The van der Waals surface area contributed by atoms with Crippen LogP contribution in [0.3, 0.4) is 0 Å². The van der Waals surface area contributed by atoms with Gasteiger partial charge < -0.3 is 15.8 Å². The number of carbonyl (C=O) groups excluding carboxylic acids is 1. The number of amides is 1. The van der Waals surface area contributed by atoms with Crippen molar-refractivity contribution < 1.29 is 9.53 Å². The van der Waals surface area contributed by atoms with Gasteiger partial charge in [-0.25, -0.2) is 0 Å². The summed E-state index contributed by atoms with van der Waals surface area (Å²) in [6.45, 7) is 3.32. The van der Waals surface area contributed by atoms with Crippen molar-refractivity contribution in [1.29, 1.82) is 0 Å². The van der Waals surface area contributed by atoms with Crippen LogP contribution in [0.1, 0.15) is 51.9 Å². The summed E-state index contributed by atoms with van der Waals surface area (Å²) in [6.07, 6.45) is 7.69. The molecule has 2 rings (SSSR count). The fourth-order valence-corrected chi connectivity index (χ4v) is 3.07. The normalized spacial score (nSPS) is 26.6. The molecule has 2 aliphatic rings. The van der Waals surface area contributed by atoms with E-state index in [0.29, 0.717) is 32.0 Å². The van der Waals surface area contributed by atoms with Gasteiger partial charge in [0.2, 0.25) is 5.91 Å². The predicted octanol–water partition coefficient (Wildman–Crippen LogP) is 1.58. The summed E-state index contributed by atoms with van der Waals surface area (Å²) < 4.78 is 5.28. The first-order valence-corrected chi connectivity index (χ1v) is 7.29. The number of nitrogens with two attached hydrogens (primary N) is 1. The maximum Gasteiger partial charge on any atom is 0.240 e. The number of hydrogen-bond donors (Lipinski definition) is 2. The van der Waals surface area contributed by atoms with Gasteiger partial charge in [-0.2, -0.15) is 0 Å². The van der Waals surface area contributed by atoms with E-state index in [0.717, 1.165) is 0 Å². The summed E-state index contributed by atoms with van der Waals surface area (Å²) in [5, 5.41) is 3.14. The standard InChI is InChI=1S/C14H26N2O2/c1-11(12-5-3-2-4-6-12)16-13(17)14(15)7-9-18-10-8-14/h11-12H,2-10,15H2,1H3,(H,16,17). The van der Waals surface area contributed by atoms with Crippen molar-refractivity contribution in [2.45, 2.75) is 63.5 Å². The smallest absolute Gasteiger partial charge is 0.240 e. The first-order chi connectivity index (χ1) is 8.62. The molecule has 4 nitrogen and oxygen atoms in total.